The Morgan fingerprint density at radius 3 is 2.75 bits per heavy atom. The van der Waals surface area contributed by atoms with Crippen molar-refractivity contribution in [1.29, 1.82) is 0 Å². The fraction of sp³-hybridized carbons (Fsp3) is 0.455. The van der Waals surface area contributed by atoms with Gasteiger partial charge in [0.2, 0.25) is 5.95 Å². The number of ether oxygens (including phenoxy) is 1. The normalized spacial score (nSPS) is 26.9. The smallest absolute Gasteiger partial charge is 0.425 e. The molecule has 0 amide bonds. The number of amidine groups is 1. The van der Waals surface area contributed by atoms with Crippen LogP contribution in [0.3, 0.4) is 0 Å². The molecule has 1 aliphatic rings. The molecular formula is C11H10BrF4N3O. The fourth-order valence-corrected chi connectivity index (χ4v) is 2.35. The number of alkyl halides is 3. The average Bonchev–Trinajstić information content (AvgIpc) is 2.30. The first-order valence-electron chi connectivity index (χ1n) is 5.52. The molecule has 0 aliphatic carbocycles. The SMILES string of the molecule is CC1(c2cc(Br)cnc2F)CC(C(F)(F)F)OC(N)=N1. The van der Waals surface area contributed by atoms with Crippen molar-refractivity contribution < 1.29 is 22.3 Å². The van der Waals surface area contributed by atoms with Gasteiger partial charge in [0.1, 0.15) is 0 Å². The van der Waals surface area contributed by atoms with Gasteiger partial charge in [-0.05, 0) is 28.9 Å². The minimum Gasteiger partial charge on any atom is -0.452 e. The minimum absolute atomic E-state index is 0.0765. The molecule has 1 aliphatic heterocycles. The van der Waals surface area contributed by atoms with E-state index in [-0.39, 0.29) is 5.56 Å². The van der Waals surface area contributed by atoms with Gasteiger partial charge in [-0.25, -0.2) is 9.98 Å². The van der Waals surface area contributed by atoms with E-state index in [2.05, 4.69) is 30.6 Å². The van der Waals surface area contributed by atoms with Gasteiger partial charge in [0.05, 0.1) is 5.54 Å². The molecular weight excluding hydrogens is 346 g/mol. The molecule has 2 N–H and O–H groups in total. The van der Waals surface area contributed by atoms with Crippen LogP contribution < -0.4 is 5.73 Å². The number of hydrogen-bond acceptors (Lipinski definition) is 4. The Bertz CT molecular complexity index is 563. The lowest BCUT2D eigenvalue weighted by Crippen LogP contribution is -2.46. The summed E-state index contributed by atoms with van der Waals surface area (Å²) in [7, 11) is 0. The number of rotatable bonds is 1. The number of hydrogen-bond donors (Lipinski definition) is 1. The van der Waals surface area contributed by atoms with Crippen LogP contribution >= 0.6 is 15.9 Å². The van der Waals surface area contributed by atoms with Crippen molar-refractivity contribution in [2.75, 3.05) is 0 Å². The molecule has 4 nitrogen and oxygen atoms in total. The minimum atomic E-state index is -4.61. The third kappa shape index (κ3) is 2.87. The standard InChI is InChI=1S/C11H10BrF4N3O/c1-10(6-2-5(12)4-18-8(6)13)3-7(11(14,15)16)20-9(17)19-10/h2,4,7H,3H2,1H3,(H2,17,19). The Labute approximate surface area is 120 Å². The van der Waals surface area contributed by atoms with Crippen LogP contribution in [0.25, 0.3) is 0 Å². The first-order chi connectivity index (χ1) is 9.12. The summed E-state index contributed by atoms with van der Waals surface area (Å²) in [6.45, 7) is 1.35. The van der Waals surface area contributed by atoms with Gasteiger partial charge in [0, 0.05) is 22.7 Å². The van der Waals surface area contributed by atoms with Crippen LogP contribution in [0.4, 0.5) is 17.6 Å². The second-order valence-corrected chi connectivity index (χ2v) is 5.48. The third-order valence-corrected chi connectivity index (χ3v) is 3.39. The molecule has 2 rings (SSSR count). The van der Waals surface area contributed by atoms with E-state index in [1.807, 2.05) is 0 Å². The maximum absolute atomic E-state index is 13.8. The van der Waals surface area contributed by atoms with Crippen molar-refractivity contribution in [2.24, 2.45) is 10.7 Å². The zero-order chi connectivity index (χ0) is 15.1. The van der Waals surface area contributed by atoms with Gasteiger partial charge in [0.15, 0.2) is 6.10 Å². The molecule has 0 fully saturated rings. The molecule has 0 saturated carbocycles. The first-order valence-corrected chi connectivity index (χ1v) is 6.31. The van der Waals surface area contributed by atoms with Gasteiger partial charge >= 0.3 is 6.18 Å². The molecule has 0 spiro atoms. The summed E-state index contributed by atoms with van der Waals surface area (Å²) < 4.78 is 57.1. The lowest BCUT2D eigenvalue weighted by atomic mass is 9.86. The molecule has 20 heavy (non-hydrogen) atoms. The Hall–Kier alpha value is -1.38. The third-order valence-electron chi connectivity index (χ3n) is 2.95. The molecule has 0 saturated heterocycles. The predicted molar refractivity (Wildman–Crippen MR) is 66.4 cm³/mol. The Kier molecular flexibility index (Phi) is 3.66. The highest BCUT2D eigenvalue weighted by Gasteiger charge is 2.50. The molecule has 1 aromatic heterocycles. The summed E-state index contributed by atoms with van der Waals surface area (Å²) >= 11 is 3.09. The van der Waals surface area contributed by atoms with Gasteiger partial charge in [0.25, 0.3) is 6.02 Å². The molecule has 2 heterocycles. The van der Waals surface area contributed by atoms with Crippen LogP contribution in [0.15, 0.2) is 21.7 Å². The van der Waals surface area contributed by atoms with Crippen molar-refractivity contribution in [2.45, 2.75) is 31.2 Å². The molecule has 2 unspecified atom stereocenters. The predicted octanol–water partition coefficient (Wildman–Crippen LogP) is 2.86. The van der Waals surface area contributed by atoms with Crippen LogP contribution in [-0.2, 0) is 10.3 Å². The van der Waals surface area contributed by atoms with Crippen LogP contribution in [0.2, 0.25) is 0 Å². The summed E-state index contributed by atoms with van der Waals surface area (Å²) in [5, 5.41) is 0. The maximum atomic E-state index is 13.8. The number of aliphatic imine (C=N–C) groups is 1. The van der Waals surface area contributed by atoms with Crippen molar-refractivity contribution in [1.82, 2.24) is 4.98 Å². The Morgan fingerprint density at radius 2 is 2.15 bits per heavy atom. The number of pyridine rings is 1. The highest BCUT2D eigenvalue weighted by Crippen LogP contribution is 2.40. The Morgan fingerprint density at radius 1 is 1.50 bits per heavy atom. The van der Waals surface area contributed by atoms with Gasteiger partial charge in [-0.15, -0.1) is 0 Å². The monoisotopic (exact) mass is 355 g/mol. The zero-order valence-electron chi connectivity index (χ0n) is 10.2. The van der Waals surface area contributed by atoms with E-state index in [9.17, 15) is 17.6 Å². The molecule has 9 heteroatoms. The highest BCUT2D eigenvalue weighted by atomic mass is 79.9. The van der Waals surface area contributed by atoms with E-state index in [0.717, 1.165) is 0 Å². The molecule has 2 atom stereocenters. The largest absolute Gasteiger partial charge is 0.452 e. The van der Waals surface area contributed by atoms with Crippen LogP contribution in [0.5, 0.6) is 0 Å². The maximum Gasteiger partial charge on any atom is 0.425 e. The summed E-state index contributed by atoms with van der Waals surface area (Å²) in [5.41, 5.74) is 3.72. The van der Waals surface area contributed by atoms with Crippen LogP contribution in [-0.4, -0.2) is 23.3 Å². The number of halogens is 5. The molecule has 0 radical (unpaired) electrons. The molecule has 1 aromatic rings. The summed E-state index contributed by atoms with van der Waals surface area (Å²) in [6, 6.07) is 0.707. The van der Waals surface area contributed by atoms with Crippen LogP contribution in [0.1, 0.15) is 18.9 Å². The highest BCUT2D eigenvalue weighted by molar-refractivity contribution is 9.10. The fourth-order valence-electron chi connectivity index (χ4n) is 2.02. The van der Waals surface area contributed by atoms with Gasteiger partial charge in [-0.2, -0.15) is 17.6 Å². The number of nitrogens with zero attached hydrogens (tertiary/aromatic N) is 2. The van der Waals surface area contributed by atoms with E-state index in [0.29, 0.717) is 4.47 Å². The Balaban J connectivity index is 2.48. The van der Waals surface area contributed by atoms with Crippen LogP contribution in [0, 0.1) is 5.95 Å². The average molecular weight is 356 g/mol. The van der Waals surface area contributed by atoms with Gasteiger partial charge in [-0.3, -0.25) is 0 Å². The second kappa shape index (κ2) is 4.87. The van der Waals surface area contributed by atoms with E-state index in [4.69, 9.17) is 5.73 Å². The lowest BCUT2D eigenvalue weighted by Gasteiger charge is -2.35. The molecule has 0 bridgehead atoms. The van der Waals surface area contributed by atoms with E-state index < -0.39 is 36.2 Å². The quantitative estimate of drug-likeness (QED) is 0.622. The molecule has 0 aromatic carbocycles. The number of aromatic nitrogens is 1. The van der Waals surface area contributed by atoms with E-state index in [1.165, 1.54) is 19.2 Å². The van der Waals surface area contributed by atoms with E-state index >= 15 is 0 Å². The second-order valence-electron chi connectivity index (χ2n) is 4.57. The van der Waals surface area contributed by atoms with Gasteiger partial charge in [-0.1, -0.05) is 0 Å². The topological polar surface area (TPSA) is 60.5 Å². The van der Waals surface area contributed by atoms with E-state index in [1.54, 1.807) is 0 Å². The first kappa shape index (κ1) is 15.0. The zero-order valence-corrected chi connectivity index (χ0v) is 11.8. The lowest BCUT2D eigenvalue weighted by molar-refractivity contribution is -0.208. The summed E-state index contributed by atoms with van der Waals surface area (Å²) in [6.07, 6.45) is -6.12. The van der Waals surface area contributed by atoms with Gasteiger partial charge < -0.3 is 10.5 Å². The molecule has 110 valence electrons. The van der Waals surface area contributed by atoms with Crippen molar-refractivity contribution in [3.63, 3.8) is 0 Å². The number of nitrogens with two attached hydrogens (primary N) is 1. The summed E-state index contributed by atoms with van der Waals surface area (Å²) in [5.74, 6) is -0.893. The van der Waals surface area contributed by atoms with Crippen molar-refractivity contribution in [3.05, 3.63) is 28.2 Å². The van der Waals surface area contributed by atoms with Crippen molar-refractivity contribution in [3.8, 4) is 0 Å². The van der Waals surface area contributed by atoms with Crippen molar-refractivity contribution >= 4 is 22.0 Å². The summed E-state index contributed by atoms with van der Waals surface area (Å²) in [4.78, 5) is 7.29.